The van der Waals surface area contributed by atoms with E-state index in [1.807, 2.05) is 0 Å². The number of aromatic nitrogens is 1. The number of aromatic carboxylic acids is 1. The SMILES string of the molecule is O=C(O)c1onc2c(CO)cccc12. The number of carboxylic acid groups (broad SMARTS) is 1. The highest BCUT2D eigenvalue weighted by molar-refractivity contribution is 6.00. The minimum Gasteiger partial charge on any atom is -0.475 e. The maximum atomic E-state index is 10.7. The van der Waals surface area contributed by atoms with Gasteiger partial charge in [0.15, 0.2) is 0 Å². The molecule has 0 aliphatic heterocycles. The molecule has 1 aromatic carbocycles. The minimum atomic E-state index is -1.16. The molecular weight excluding hydrogens is 186 g/mol. The number of fused-ring (bicyclic) bond motifs is 1. The summed E-state index contributed by atoms with van der Waals surface area (Å²) < 4.78 is 4.66. The highest BCUT2D eigenvalue weighted by Gasteiger charge is 2.16. The van der Waals surface area contributed by atoms with Crippen LogP contribution in [0, 0.1) is 0 Å². The third-order valence-electron chi connectivity index (χ3n) is 1.96. The molecule has 0 saturated carbocycles. The highest BCUT2D eigenvalue weighted by Crippen LogP contribution is 2.21. The molecule has 2 rings (SSSR count). The van der Waals surface area contributed by atoms with Crippen molar-refractivity contribution in [3.63, 3.8) is 0 Å². The summed E-state index contributed by atoms with van der Waals surface area (Å²) in [5.41, 5.74) is 0.950. The van der Waals surface area contributed by atoms with Crippen molar-refractivity contribution in [2.24, 2.45) is 0 Å². The number of benzene rings is 1. The van der Waals surface area contributed by atoms with Crippen LogP contribution < -0.4 is 0 Å². The Kier molecular flexibility index (Phi) is 1.94. The van der Waals surface area contributed by atoms with Gasteiger partial charge in [-0.1, -0.05) is 17.3 Å². The Morgan fingerprint density at radius 3 is 2.93 bits per heavy atom. The standard InChI is InChI=1S/C9H7NO4/c11-4-5-2-1-3-6-7(5)10-14-8(6)9(12)13/h1-3,11H,4H2,(H,12,13). The van der Waals surface area contributed by atoms with Gasteiger partial charge in [0, 0.05) is 5.56 Å². The van der Waals surface area contributed by atoms with Gasteiger partial charge >= 0.3 is 5.97 Å². The van der Waals surface area contributed by atoms with Crippen molar-refractivity contribution in [2.75, 3.05) is 0 Å². The van der Waals surface area contributed by atoms with E-state index in [1.54, 1.807) is 18.2 Å². The van der Waals surface area contributed by atoms with Gasteiger partial charge in [-0.2, -0.15) is 0 Å². The highest BCUT2D eigenvalue weighted by atomic mass is 16.5. The maximum Gasteiger partial charge on any atom is 0.375 e. The maximum absolute atomic E-state index is 10.7. The summed E-state index contributed by atoms with van der Waals surface area (Å²) in [7, 11) is 0. The fourth-order valence-electron chi connectivity index (χ4n) is 1.30. The first-order chi connectivity index (χ1) is 6.74. The quantitative estimate of drug-likeness (QED) is 0.743. The topological polar surface area (TPSA) is 83.6 Å². The largest absolute Gasteiger partial charge is 0.475 e. The van der Waals surface area contributed by atoms with Gasteiger partial charge in [-0.15, -0.1) is 0 Å². The normalized spacial score (nSPS) is 10.6. The Hall–Kier alpha value is -1.88. The van der Waals surface area contributed by atoms with Crippen LogP contribution in [-0.2, 0) is 6.61 Å². The van der Waals surface area contributed by atoms with Crippen molar-refractivity contribution >= 4 is 16.9 Å². The zero-order valence-corrected chi connectivity index (χ0v) is 7.10. The van der Waals surface area contributed by atoms with Crippen LogP contribution in [0.15, 0.2) is 22.7 Å². The summed E-state index contributed by atoms with van der Waals surface area (Å²) in [6.07, 6.45) is 0. The first kappa shape index (κ1) is 8.71. The van der Waals surface area contributed by atoms with Crippen LogP contribution in [0.1, 0.15) is 16.1 Å². The lowest BCUT2D eigenvalue weighted by Crippen LogP contribution is -1.93. The molecule has 0 radical (unpaired) electrons. The fraction of sp³-hybridized carbons (Fsp3) is 0.111. The molecule has 0 bridgehead atoms. The van der Waals surface area contributed by atoms with E-state index in [2.05, 4.69) is 9.68 Å². The summed E-state index contributed by atoms with van der Waals surface area (Å²) in [5, 5.41) is 21.7. The van der Waals surface area contributed by atoms with Crippen molar-refractivity contribution in [1.29, 1.82) is 0 Å². The van der Waals surface area contributed by atoms with Crippen molar-refractivity contribution in [3.05, 3.63) is 29.5 Å². The molecule has 2 N–H and O–H groups in total. The summed E-state index contributed by atoms with van der Waals surface area (Å²) in [6.45, 7) is -0.192. The number of aliphatic hydroxyl groups is 1. The van der Waals surface area contributed by atoms with E-state index in [-0.39, 0.29) is 12.4 Å². The lowest BCUT2D eigenvalue weighted by Gasteiger charge is -1.94. The van der Waals surface area contributed by atoms with Crippen molar-refractivity contribution in [2.45, 2.75) is 6.61 Å². The number of aliphatic hydroxyl groups excluding tert-OH is 1. The number of hydrogen-bond acceptors (Lipinski definition) is 4. The van der Waals surface area contributed by atoms with Crippen LogP contribution in [0.2, 0.25) is 0 Å². The van der Waals surface area contributed by atoms with Crippen molar-refractivity contribution < 1.29 is 19.5 Å². The fourth-order valence-corrected chi connectivity index (χ4v) is 1.30. The molecule has 1 aromatic heterocycles. The lowest BCUT2D eigenvalue weighted by molar-refractivity contribution is 0.0655. The van der Waals surface area contributed by atoms with Crippen LogP contribution in [0.25, 0.3) is 10.9 Å². The molecule has 0 fully saturated rings. The number of carbonyl (C=O) groups is 1. The van der Waals surface area contributed by atoms with E-state index in [9.17, 15) is 4.79 Å². The smallest absolute Gasteiger partial charge is 0.375 e. The first-order valence-electron chi connectivity index (χ1n) is 3.95. The number of hydrogen-bond donors (Lipinski definition) is 2. The molecule has 2 aromatic rings. The Morgan fingerprint density at radius 1 is 1.50 bits per heavy atom. The van der Waals surface area contributed by atoms with Gasteiger partial charge in [0.05, 0.1) is 12.0 Å². The average molecular weight is 193 g/mol. The van der Waals surface area contributed by atoms with E-state index in [0.717, 1.165) is 0 Å². The van der Waals surface area contributed by atoms with Crippen LogP contribution in [0.5, 0.6) is 0 Å². The predicted molar refractivity (Wildman–Crippen MR) is 46.9 cm³/mol. The van der Waals surface area contributed by atoms with Gasteiger partial charge in [-0.3, -0.25) is 0 Å². The van der Waals surface area contributed by atoms with E-state index in [0.29, 0.717) is 16.5 Å². The molecule has 0 unspecified atom stereocenters. The summed E-state index contributed by atoms with van der Waals surface area (Å²) in [6, 6.07) is 4.91. The minimum absolute atomic E-state index is 0.192. The van der Waals surface area contributed by atoms with Gasteiger partial charge in [-0.05, 0) is 6.07 Å². The molecule has 1 heterocycles. The average Bonchev–Trinajstić information content (AvgIpc) is 2.60. The summed E-state index contributed by atoms with van der Waals surface area (Å²) in [4.78, 5) is 10.7. The van der Waals surface area contributed by atoms with E-state index in [4.69, 9.17) is 10.2 Å². The van der Waals surface area contributed by atoms with Gasteiger partial charge < -0.3 is 14.7 Å². The molecule has 0 amide bonds. The van der Waals surface area contributed by atoms with Crippen LogP contribution >= 0.6 is 0 Å². The van der Waals surface area contributed by atoms with Crippen LogP contribution in [-0.4, -0.2) is 21.3 Å². The number of carboxylic acids is 1. The van der Waals surface area contributed by atoms with Crippen LogP contribution in [0.4, 0.5) is 0 Å². The molecule has 14 heavy (non-hydrogen) atoms. The zero-order chi connectivity index (χ0) is 10.1. The zero-order valence-electron chi connectivity index (χ0n) is 7.10. The van der Waals surface area contributed by atoms with Gasteiger partial charge in [0.2, 0.25) is 0 Å². The van der Waals surface area contributed by atoms with Crippen molar-refractivity contribution in [1.82, 2.24) is 5.16 Å². The molecular formula is C9H7NO4. The predicted octanol–water partition coefficient (Wildman–Crippen LogP) is 1.02. The third-order valence-corrected chi connectivity index (χ3v) is 1.96. The second-order valence-corrected chi connectivity index (χ2v) is 2.79. The van der Waals surface area contributed by atoms with E-state index >= 15 is 0 Å². The molecule has 5 heteroatoms. The van der Waals surface area contributed by atoms with Gasteiger partial charge in [0.25, 0.3) is 5.76 Å². The van der Waals surface area contributed by atoms with Gasteiger partial charge in [0.1, 0.15) is 5.52 Å². The second kappa shape index (κ2) is 3.12. The summed E-state index contributed by atoms with van der Waals surface area (Å²) >= 11 is 0. The Labute approximate surface area is 78.6 Å². The first-order valence-corrected chi connectivity index (χ1v) is 3.95. The monoisotopic (exact) mass is 193 g/mol. The second-order valence-electron chi connectivity index (χ2n) is 2.79. The van der Waals surface area contributed by atoms with Crippen LogP contribution in [0.3, 0.4) is 0 Å². The van der Waals surface area contributed by atoms with Crippen molar-refractivity contribution in [3.8, 4) is 0 Å². The molecule has 0 spiro atoms. The molecule has 0 aliphatic carbocycles. The lowest BCUT2D eigenvalue weighted by atomic mass is 10.1. The molecule has 0 saturated heterocycles. The Morgan fingerprint density at radius 2 is 2.29 bits per heavy atom. The third kappa shape index (κ3) is 1.14. The number of nitrogens with zero attached hydrogens (tertiary/aromatic N) is 1. The number of rotatable bonds is 2. The van der Waals surface area contributed by atoms with Gasteiger partial charge in [-0.25, -0.2) is 4.79 Å². The van der Waals surface area contributed by atoms with E-state index < -0.39 is 5.97 Å². The molecule has 72 valence electrons. The van der Waals surface area contributed by atoms with E-state index in [1.165, 1.54) is 0 Å². The molecule has 0 atom stereocenters. The Balaban J connectivity index is 2.75. The Bertz CT molecular complexity index is 489. The molecule has 5 nitrogen and oxygen atoms in total. The molecule has 0 aliphatic rings. The summed E-state index contributed by atoms with van der Waals surface area (Å²) in [5.74, 6) is -1.36.